The van der Waals surface area contributed by atoms with Gasteiger partial charge in [0.05, 0.1) is 0 Å². The number of unbranched alkanes of at least 4 members (excludes halogenated alkanes) is 3. The van der Waals surface area contributed by atoms with Crippen LogP contribution in [0.5, 0.6) is 0 Å². The Hall–Kier alpha value is -1.41. The van der Waals surface area contributed by atoms with E-state index in [1.165, 1.54) is 23.1 Å². The number of carbonyl (C=O) groups is 1. The Morgan fingerprint density at radius 3 is 1.93 bits per heavy atom. The molecule has 1 aromatic carbocycles. The lowest BCUT2D eigenvalue weighted by molar-refractivity contribution is 0.0464. The van der Waals surface area contributed by atoms with Gasteiger partial charge in [0, 0.05) is 12.2 Å². The summed E-state index contributed by atoms with van der Waals surface area (Å²) in [6.07, 6.45) is 6.33. The minimum absolute atomic E-state index is 0.00563. The van der Waals surface area contributed by atoms with Crippen LogP contribution in [0.2, 0.25) is 0 Å². The van der Waals surface area contributed by atoms with Crippen molar-refractivity contribution >= 4 is 5.78 Å². The van der Waals surface area contributed by atoms with Crippen molar-refractivity contribution in [2.24, 2.45) is 0 Å². The van der Waals surface area contributed by atoms with E-state index in [-0.39, 0.29) is 16.6 Å². The van der Waals surface area contributed by atoms with E-state index < -0.39 is 6.10 Å². The molecule has 0 saturated carbocycles. The zero-order valence-corrected chi connectivity index (χ0v) is 19.7. The first kappa shape index (κ1) is 24.6. The second-order valence-corrected chi connectivity index (χ2v) is 10.3. The van der Waals surface area contributed by atoms with Gasteiger partial charge in [0.2, 0.25) is 0 Å². The summed E-state index contributed by atoms with van der Waals surface area (Å²) in [5, 5.41) is 0. The second-order valence-electron chi connectivity index (χ2n) is 10.3. The second kappa shape index (κ2) is 10.4. The zero-order chi connectivity index (χ0) is 21.5. The average molecular weight is 387 g/mol. The van der Waals surface area contributed by atoms with Crippen LogP contribution in [0.25, 0.3) is 0 Å². The average Bonchev–Trinajstić information content (AvgIpc) is 2.57. The third-order valence-corrected chi connectivity index (χ3v) is 5.09. The number of allylic oxidation sites excluding steroid dienone is 2. The number of rotatable bonds is 9. The summed E-state index contributed by atoms with van der Waals surface area (Å²) in [6.45, 7) is 20.0. The standard InChI is InChI=1S/C26H42O2/c1-19(2)14-12-10-11-13-15-28-20(3)24(27)21-16-22(25(4,5)6)18-23(17-21)26(7,8)9/h14,16-18,20H,10-13,15H2,1-9H3. The first-order chi connectivity index (χ1) is 12.8. The number of carbonyl (C=O) groups excluding carboxylic acids is 1. The molecule has 0 spiro atoms. The fraction of sp³-hybridized carbons (Fsp3) is 0.654. The maximum atomic E-state index is 13.0. The van der Waals surface area contributed by atoms with Crippen molar-refractivity contribution in [3.05, 3.63) is 46.5 Å². The van der Waals surface area contributed by atoms with Crippen LogP contribution < -0.4 is 0 Å². The highest BCUT2D eigenvalue weighted by Gasteiger charge is 2.24. The quantitative estimate of drug-likeness (QED) is 0.251. The highest BCUT2D eigenvalue weighted by molar-refractivity contribution is 5.99. The lowest BCUT2D eigenvalue weighted by Gasteiger charge is -2.26. The molecule has 0 radical (unpaired) electrons. The first-order valence-corrected chi connectivity index (χ1v) is 10.8. The van der Waals surface area contributed by atoms with Gasteiger partial charge in [0.1, 0.15) is 6.10 Å². The van der Waals surface area contributed by atoms with Gasteiger partial charge >= 0.3 is 0 Å². The van der Waals surface area contributed by atoms with E-state index in [2.05, 4.69) is 79.7 Å². The number of benzene rings is 1. The van der Waals surface area contributed by atoms with Gasteiger partial charge in [-0.25, -0.2) is 0 Å². The Bertz CT molecular complexity index is 632. The molecule has 1 unspecified atom stereocenters. The Labute approximate surface area is 173 Å². The van der Waals surface area contributed by atoms with Crippen LogP contribution >= 0.6 is 0 Å². The van der Waals surface area contributed by atoms with Gasteiger partial charge in [-0.1, -0.05) is 65.7 Å². The van der Waals surface area contributed by atoms with E-state index in [0.717, 1.165) is 24.8 Å². The monoisotopic (exact) mass is 386 g/mol. The Morgan fingerprint density at radius 1 is 0.929 bits per heavy atom. The molecule has 0 N–H and O–H groups in total. The maximum absolute atomic E-state index is 13.0. The summed E-state index contributed by atoms with van der Waals surface area (Å²) in [5.74, 6) is 0.0844. The molecular formula is C26H42O2. The molecular weight excluding hydrogens is 344 g/mol. The molecule has 2 heteroatoms. The van der Waals surface area contributed by atoms with Crippen molar-refractivity contribution in [1.82, 2.24) is 0 Å². The van der Waals surface area contributed by atoms with Crippen molar-refractivity contribution in [3.8, 4) is 0 Å². The molecule has 2 nitrogen and oxygen atoms in total. The molecule has 0 amide bonds. The van der Waals surface area contributed by atoms with Gasteiger partial charge in [-0.05, 0) is 74.1 Å². The fourth-order valence-electron chi connectivity index (χ4n) is 3.02. The molecule has 0 aliphatic rings. The van der Waals surface area contributed by atoms with E-state index in [9.17, 15) is 4.79 Å². The van der Waals surface area contributed by atoms with E-state index in [0.29, 0.717) is 6.61 Å². The largest absolute Gasteiger partial charge is 0.370 e. The van der Waals surface area contributed by atoms with Crippen LogP contribution in [0, 0.1) is 0 Å². The predicted octanol–water partition coefficient (Wildman–Crippen LogP) is 7.40. The van der Waals surface area contributed by atoms with Crippen LogP contribution in [0.3, 0.4) is 0 Å². The van der Waals surface area contributed by atoms with Crippen LogP contribution in [0.4, 0.5) is 0 Å². The molecule has 1 aromatic rings. The smallest absolute Gasteiger partial charge is 0.191 e. The van der Waals surface area contributed by atoms with Gasteiger partial charge in [-0.15, -0.1) is 0 Å². The highest BCUT2D eigenvalue weighted by Crippen LogP contribution is 2.30. The van der Waals surface area contributed by atoms with Crippen molar-refractivity contribution in [2.45, 2.75) is 105 Å². The summed E-state index contributed by atoms with van der Waals surface area (Å²) in [4.78, 5) is 13.0. The molecule has 0 aromatic heterocycles. The SMILES string of the molecule is CC(C)=CCCCCCOC(C)C(=O)c1cc(C(C)(C)C)cc(C(C)(C)C)c1. The molecule has 0 bridgehead atoms. The van der Waals surface area contributed by atoms with Gasteiger partial charge in [0.25, 0.3) is 0 Å². The number of hydrogen-bond donors (Lipinski definition) is 0. The lowest BCUT2D eigenvalue weighted by Crippen LogP contribution is -2.24. The summed E-state index contributed by atoms with van der Waals surface area (Å²) < 4.78 is 5.87. The van der Waals surface area contributed by atoms with Gasteiger partial charge < -0.3 is 4.74 Å². The zero-order valence-electron chi connectivity index (χ0n) is 19.7. The fourth-order valence-corrected chi connectivity index (χ4v) is 3.02. The Balaban J connectivity index is 2.75. The summed E-state index contributed by atoms with van der Waals surface area (Å²) in [5.41, 5.74) is 4.57. The van der Waals surface area contributed by atoms with Crippen molar-refractivity contribution < 1.29 is 9.53 Å². The van der Waals surface area contributed by atoms with E-state index >= 15 is 0 Å². The van der Waals surface area contributed by atoms with Crippen LogP contribution in [0.1, 0.15) is 109 Å². The van der Waals surface area contributed by atoms with Gasteiger partial charge in [0.15, 0.2) is 5.78 Å². The Kier molecular flexibility index (Phi) is 9.14. The highest BCUT2D eigenvalue weighted by atomic mass is 16.5. The van der Waals surface area contributed by atoms with Crippen molar-refractivity contribution in [3.63, 3.8) is 0 Å². The predicted molar refractivity (Wildman–Crippen MR) is 121 cm³/mol. The number of hydrogen-bond acceptors (Lipinski definition) is 2. The van der Waals surface area contributed by atoms with Gasteiger partial charge in [-0.3, -0.25) is 4.79 Å². The molecule has 28 heavy (non-hydrogen) atoms. The van der Waals surface area contributed by atoms with Gasteiger partial charge in [-0.2, -0.15) is 0 Å². The van der Waals surface area contributed by atoms with Crippen LogP contribution in [-0.4, -0.2) is 18.5 Å². The van der Waals surface area contributed by atoms with Crippen molar-refractivity contribution in [1.29, 1.82) is 0 Å². The van der Waals surface area contributed by atoms with E-state index in [4.69, 9.17) is 4.74 Å². The molecule has 0 heterocycles. The lowest BCUT2D eigenvalue weighted by atomic mass is 9.79. The third-order valence-electron chi connectivity index (χ3n) is 5.09. The van der Waals surface area contributed by atoms with Crippen molar-refractivity contribution in [2.75, 3.05) is 6.61 Å². The third kappa shape index (κ3) is 8.31. The van der Waals surface area contributed by atoms with Crippen LogP contribution in [-0.2, 0) is 15.6 Å². The molecule has 158 valence electrons. The molecule has 0 aliphatic carbocycles. The molecule has 0 aliphatic heterocycles. The van der Waals surface area contributed by atoms with E-state index in [1.54, 1.807) is 0 Å². The van der Waals surface area contributed by atoms with Crippen LogP contribution in [0.15, 0.2) is 29.8 Å². The first-order valence-electron chi connectivity index (χ1n) is 10.8. The number of Topliss-reactive ketones (excluding diaryl/α,β-unsaturated/α-hetero) is 1. The number of ether oxygens (including phenoxy) is 1. The minimum atomic E-state index is -0.402. The number of ketones is 1. The molecule has 1 atom stereocenters. The summed E-state index contributed by atoms with van der Waals surface area (Å²) in [7, 11) is 0. The minimum Gasteiger partial charge on any atom is -0.370 e. The maximum Gasteiger partial charge on any atom is 0.191 e. The molecule has 0 fully saturated rings. The topological polar surface area (TPSA) is 26.3 Å². The summed E-state index contributed by atoms with van der Waals surface area (Å²) in [6, 6.07) is 6.35. The molecule has 1 rings (SSSR count). The van der Waals surface area contributed by atoms with E-state index in [1.807, 2.05) is 6.92 Å². The summed E-state index contributed by atoms with van der Waals surface area (Å²) >= 11 is 0. The molecule has 0 saturated heterocycles. The Morgan fingerprint density at radius 2 is 1.46 bits per heavy atom. The normalized spacial score (nSPS) is 13.3.